The molecule has 0 aromatic heterocycles. The zero-order valence-electron chi connectivity index (χ0n) is 15.6. The van der Waals surface area contributed by atoms with Crippen molar-refractivity contribution in [2.75, 3.05) is 7.11 Å². The van der Waals surface area contributed by atoms with Gasteiger partial charge in [0.1, 0.15) is 5.75 Å². The Bertz CT molecular complexity index is 832. The minimum Gasteiger partial charge on any atom is -0.497 e. The van der Waals surface area contributed by atoms with Crippen molar-refractivity contribution in [2.45, 2.75) is 39.0 Å². The van der Waals surface area contributed by atoms with E-state index in [4.69, 9.17) is 4.74 Å². The van der Waals surface area contributed by atoms with E-state index in [1.54, 1.807) is 7.11 Å². The third-order valence-electron chi connectivity index (χ3n) is 6.26. The number of allylic oxidation sites excluding steroid dienone is 1. The highest BCUT2D eigenvalue weighted by Gasteiger charge is 2.48. The van der Waals surface area contributed by atoms with Crippen LogP contribution in [0.15, 0.2) is 60.2 Å². The van der Waals surface area contributed by atoms with Crippen LogP contribution in [0.25, 0.3) is 5.57 Å². The van der Waals surface area contributed by atoms with Crippen molar-refractivity contribution < 1.29 is 9.53 Å². The van der Waals surface area contributed by atoms with E-state index >= 15 is 0 Å². The fourth-order valence-corrected chi connectivity index (χ4v) is 4.91. The van der Waals surface area contributed by atoms with Gasteiger partial charge in [0, 0.05) is 12.0 Å². The predicted octanol–water partition coefficient (Wildman–Crippen LogP) is 5.67. The van der Waals surface area contributed by atoms with Crippen molar-refractivity contribution >= 4 is 11.4 Å². The molecule has 0 spiro atoms. The van der Waals surface area contributed by atoms with Gasteiger partial charge in [-0.1, -0.05) is 62.2 Å². The first-order chi connectivity index (χ1) is 12.6. The van der Waals surface area contributed by atoms with Crippen molar-refractivity contribution in [3.05, 3.63) is 71.3 Å². The highest BCUT2D eigenvalue weighted by Crippen LogP contribution is 2.55. The first kappa shape index (κ1) is 17.1. The quantitative estimate of drug-likeness (QED) is 0.670. The number of hydrogen-bond donors (Lipinski definition) is 0. The summed E-state index contributed by atoms with van der Waals surface area (Å²) in [5.41, 5.74) is 4.56. The molecule has 2 saturated carbocycles. The SMILES string of the molecule is COc1ccc(/C(=C2/C(=O)CC3(C)CCCCC23)c2ccccc2)cc1. The first-order valence-electron chi connectivity index (χ1n) is 9.59. The van der Waals surface area contributed by atoms with Crippen LogP contribution in [0.5, 0.6) is 5.75 Å². The van der Waals surface area contributed by atoms with Crippen molar-refractivity contribution in [3.63, 3.8) is 0 Å². The fourth-order valence-electron chi connectivity index (χ4n) is 4.91. The van der Waals surface area contributed by atoms with Gasteiger partial charge in [-0.15, -0.1) is 0 Å². The Morgan fingerprint density at radius 1 is 1.00 bits per heavy atom. The van der Waals surface area contributed by atoms with E-state index in [0.717, 1.165) is 40.9 Å². The Morgan fingerprint density at radius 3 is 2.38 bits per heavy atom. The molecule has 0 amide bonds. The molecule has 0 heterocycles. The average Bonchev–Trinajstić information content (AvgIpc) is 2.94. The number of carbonyl (C=O) groups is 1. The predicted molar refractivity (Wildman–Crippen MR) is 105 cm³/mol. The summed E-state index contributed by atoms with van der Waals surface area (Å²) < 4.78 is 5.32. The molecule has 0 radical (unpaired) electrons. The highest BCUT2D eigenvalue weighted by atomic mass is 16.5. The Labute approximate surface area is 155 Å². The summed E-state index contributed by atoms with van der Waals surface area (Å²) >= 11 is 0. The standard InChI is InChI=1S/C24H26O2/c1-24-15-7-6-10-20(24)23(21(25)16-24)22(17-8-4-3-5-9-17)18-11-13-19(26-2)14-12-18/h3-5,8-9,11-14,20H,6-7,10,15-16H2,1-2H3/b23-22+. The Morgan fingerprint density at radius 2 is 1.69 bits per heavy atom. The maximum Gasteiger partial charge on any atom is 0.160 e. The molecule has 2 aliphatic carbocycles. The monoisotopic (exact) mass is 346 g/mol. The second kappa shape index (κ2) is 6.75. The minimum absolute atomic E-state index is 0.136. The summed E-state index contributed by atoms with van der Waals surface area (Å²) in [6, 6.07) is 18.5. The van der Waals surface area contributed by atoms with Crippen LogP contribution in [0.4, 0.5) is 0 Å². The molecule has 2 atom stereocenters. The van der Waals surface area contributed by atoms with Gasteiger partial charge < -0.3 is 4.74 Å². The molecule has 2 aliphatic rings. The van der Waals surface area contributed by atoms with Crippen LogP contribution in [-0.4, -0.2) is 12.9 Å². The van der Waals surface area contributed by atoms with E-state index in [1.165, 1.54) is 12.8 Å². The third kappa shape index (κ3) is 2.88. The molecule has 2 nitrogen and oxygen atoms in total. The molecule has 2 aromatic carbocycles. The summed E-state index contributed by atoms with van der Waals surface area (Å²) in [7, 11) is 1.68. The highest BCUT2D eigenvalue weighted by molar-refractivity contribution is 6.08. The molecule has 0 aliphatic heterocycles. The van der Waals surface area contributed by atoms with E-state index in [-0.39, 0.29) is 5.41 Å². The van der Waals surface area contributed by atoms with E-state index < -0.39 is 0 Å². The van der Waals surface area contributed by atoms with Crippen LogP contribution in [0, 0.1) is 11.3 Å². The summed E-state index contributed by atoms with van der Waals surface area (Å²) in [5, 5.41) is 0. The smallest absolute Gasteiger partial charge is 0.160 e. The van der Waals surface area contributed by atoms with E-state index in [9.17, 15) is 4.79 Å². The van der Waals surface area contributed by atoms with Crippen molar-refractivity contribution in [3.8, 4) is 5.75 Å². The molecule has 134 valence electrons. The second-order valence-corrected chi connectivity index (χ2v) is 7.94. The van der Waals surface area contributed by atoms with Gasteiger partial charge in [0.25, 0.3) is 0 Å². The van der Waals surface area contributed by atoms with Crippen LogP contribution in [0.2, 0.25) is 0 Å². The Balaban J connectivity index is 1.92. The third-order valence-corrected chi connectivity index (χ3v) is 6.26. The number of ketones is 1. The van der Waals surface area contributed by atoms with Crippen molar-refractivity contribution in [1.82, 2.24) is 0 Å². The second-order valence-electron chi connectivity index (χ2n) is 7.94. The Kier molecular flexibility index (Phi) is 4.44. The lowest BCUT2D eigenvalue weighted by Crippen LogP contribution is -2.26. The largest absolute Gasteiger partial charge is 0.497 e. The van der Waals surface area contributed by atoms with Crippen LogP contribution in [0.1, 0.15) is 50.2 Å². The van der Waals surface area contributed by atoms with Gasteiger partial charge in [-0.3, -0.25) is 4.79 Å². The van der Waals surface area contributed by atoms with Gasteiger partial charge in [-0.05, 0) is 53.0 Å². The van der Waals surface area contributed by atoms with Gasteiger partial charge in [-0.25, -0.2) is 0 Å². The fraction of sp³-hybridized carbons (Fsp3) is 0.375. The number of carbonyl (C=O) groups excluding carboxylic acids is 1. The number of fused-ring (bicyclic) bond motifs is 1. The zero-order valence-corrected chi connectivity index (χ0v) is 15.6. The molecule has 0 saturated heterocycles. The van der Waals surface area contributed by atoms with Gasteiger partial charge in [0.15, 0.2) is 5.78 Å². The van der Waals surface area contributed by atoms with E-state index in [1.807, 2.05) is 18.2 Å². The number of hydrogen-bond acceptors (Lipinski definition) is 2. The Hall–Kier alpha value is -2.35. The van der Waals surface area contributed by atoms with E-state index in [0.29, 0.717) is 18.1 Å². The van der Waals surface area contributed by atoms with Crippen molar-refractivity contribution in [1.29, 1.82) is 0 Å². The molecule has 2 heteroatoms. The molecule has 2 aromatic rings. The number of ether oxygens (including phenoxy) is 1. The molecule has 26 heavy (non-hydrogen) atoms. The van der Waals surface area contributed by atoms with Gasteiger partial charge in [0.2, 0.25) is 0 Å². The maximum atomic E-state index is 13.2. The average molecular weight is 346 g/mol. The van der Waals surface area contributed by atoms with Crippen molar-refractivity contribution in [2.24, 2.45) is 11.3 Å². The van der Waals surface area contributed by atoms with Gasteiger partial charge in [-0.2, -0.15) is 0 Å². The summed E-state index contributed by atoms with van der Waals surface area (Å²) in [5.74, 6) is 1.56. The number of methoxy groups -OCH3 is 1. The normalized spacial score (nSPS) is 27.2. The van der Waals surface area contributed by atoms with Gasteiger partial charge >= 0.3 is 0 Å². The zero-order chi connectivity index (χ0) is 18.1. The molecule has 0 N–H and O–H groups in total. The number of rotatable bonds is 3. The van der Waals surface area contributed by atoms with Crippen LogP contribution < -0.4 is 4.74 Å². The van der Waals surface area contributed by atoms with E-state index in [2.05, 4.69) is 43.3 Å². The number of Topliss-reactive ketones (excluding diaryl/α,β-unsaturated/α-hetero) is 1. The topological polar surface area (TPSA) is 26.3 Å². The molecule has 4 rings (SSSR count). The summed E-state index contributed by atoms with van der Waals surface area (Å²) in [6.07, 6.45) is 5.46. The number of benzene rings is 2. The lowest BCUT2D eigenvalue weighted by Gasteiger charge is -2.36. The lowest BCUT2D eigenvalue weighted by atomic mass is 9.68. The van der Waals surface area contributed by atoms with Gasteiger partial charge in [0.05, 0.1) is 7.11 Å². The van der Waals surface area contributed by atoms with Crippen LogP contribution >= 0.6 is 0 Å². The summed E-state index contributed by atoms with van der Waals surface area (Å²) in [6.45, 7) is 2.32. The minimum atomic E-state index is 0.136. The molecular weight excluding hydrogens is 320 g/mol. The van der Waals surface area contributed by atoms with Crippen LogP contribution in [-0.2, 0) is 4.79 Å². The van der Waals surface area contributed by atoms with Crippen LogP contribution in [0.3, 0.4) is 0 Å². The molecular formula is C24H26O2. The molecule has 2 fully saturated rings. The lowest BCUT2D eigenvalue weighted by molar-refractivity contribution is -0.115. The molecule has 0 bridgehead atoms. The summed E-state index contributed by atoms with van der Waals surface area (Å²) in [4.78, 5) is 13.2. The first-order valence-corrected chi connectivity index (χ1v) is 9.59. The molecule has 2 unspecified atom stereocenters. The maximum absolute atomic E-state index is 13.2.